The highest BCUT2D eigenvalue weighted by molar-refractivity contribution is 5.79. The molecule has 0 saturated carbocycles. The summed E-state index contributed by atoms with van der Waals surface area (Å²) in [6, 6.07) is 10.5. The lowest BCUT2D eigenvalue weighted by molar-refractivity contribution is -0.138. The van der Waals surface area contributed by atoms with Gasteiger partial charge >= 0.3 is 0 Å². The molecule has 1 fully saturated rings. The minimum Gasteiger partial charge on any atom is -0.381 e. The minimum atomic E-state index is 0.0534. The third kappa shape index (κ3) is 3.57. The average Bonchev–Trinajstić information content (AvgIpc) is 2.98. The Morgan fingerprint density at radius 1 is 1.42 bits per heavy atom. The van der Waals surface area contributed by atoms with Crippen LogP contribution in [0.15, 0.2) is 30.3 Å². The van der Waals surface area contributed by atoms with Gasteiger partial charge in [0.25, 0.3) is 0 Å². The molecule has 0 aliphatic carbocycles. The third-order valence-corrected chi connectivity index (χ3v) is 3.88. The van der Waals surface area contributed by atoms with Crippen LogP contribution in [-0.4, -0.2) is 30.1 Å². The number of carbonyl (C=O) groups excluding carboxylic acids is 1. The Hall–Kier alpha value is -1.35. The molecule has 1 aromatic carbocycles. The maximum absolute atomic E-state index is 12.6. The van der Waals surface area contributed by atoms with Gasteiger partial charge in [0.15, 0.2) is 0 Å². The standard InChI is InChI=1S/C16H23NO2/c1-3-13(2)17(11-14-7-5-4-6-8-14)16(18)15-9-10-19-12-15/h4-8,13,15H,3,9-12H2,1-2H3. The SMILES string of the molecule is CCC(C)N(Cc1ccccc1)C(=O)C1CCOC1. The lowest BCUT2D eigenvalue weighted by Crippen LogP contribution is -2.41. The van der Waals surface area contributed by atoms with E-state index in [1.54, 1.807) is 0 Å². The first-order valence-electron chi connectivity index (χ1n) is 7.14. The first-order chi connectivity index (χ1) is 9.22. The summed E-state index contributed by atoms with van der Waals surface area (Å²) in [7, 11) is 0. The molecule has 104 valence electrons. The summed E-state index contributed by atoms with van der Waals surface area (Å²) >= 11 is 0. The van der Waals surface area contributed by atoms with Gasteiger partial charge in [-0.15, -0.1) is 0 Å². The summed E-state index contributed by atoms with van der Waals surface area (Å²) < 4.78 is 5.34. The molecule has 19 heavy (non-hydrogen) atoms. The molecule has 2 rings (SSSR count). The van der Waals surface area contributed by atoms with Crippen molar-refractivity contribution in [1.82, 2.24) is 4.90 Å². The molecule has 1 aromatic rings. The van der Waals surface area contributed by atoms with Crippen molar-refractivity contribution in [3.63, 3.8) is 0 Å². The summed E-state index contributed by atoms with van der Waals surface area (Å²) in [5.41, 5.74) is 1.19. The normalized spacial score (nSPS) is 20.2. The minimum absolute atomic E-state index is 0.0534. The number of amides is 1. The Bertz CT molecular complexity index is 398. The van der Waals surface area contributed by atoms with E-state index in [0.29, 0.717) is 13.2 Å². The Morgan fingerprint density at radius 3 is 2.74 bits per heavy atom. The lowest BCUT2D eigenvalue weighted by atomic mass is 10.0. The van der Waals surface area contributed by atoms with Crippen LogP contribution < -0.4 is 0 Å². The van der Waals surface area contributed by atoms with Crippen molar-refractivity contribution in [2.75, 3.05) is 13.2 Å². The molecule has 3 heteroatoms. The van der Waals surface area contributed by atoms with Gasteiger partial charge in [0, 0.05) is 19.2 Å². The van der Waals surface area contributed by atoms with Gasteiger partial charge in [0.1, 0.15) is 0 Å². The number of rotatable bonds is 5. The third-order valence-electron chi connectivity index (χ3n) is 3.88. The Labute approximate surface area is 115 Å². The van der Waals surface area contributed by atoms with E-state index in [1.165, 1.54) is 5.56 Å². The molecule has 1 heterocycles. The van der Waals surface area contributed by atoms with Crippen LogP contribution in [0.1, 0.15) is 32.3 Å². The Morgan fingerprint density at radius 2 is 2.16 bits per heavy atom. The fraction of sp³-hybridized carbons (Fsp3) is 0.562. The first-order valence-corrected chi connectivity index (χ1v) is 7.14. The van der Waals surface area contributed by atoms with E-state index in [9.17, 15) is 4.79 Å². The van der Waals surface area contributed by atoms with Crippen LogP contribution in [0.4, 0.5) is 0 Å². The highest BCUT2D eigenvalue weighted by Gasteiger charge is 2.30. The molecule has 2 unspecified atom stereocenters. The van der Waals surface area contributed by atoms with Gasteiger partial charge in [-0.05, 0) is 25.3 Å². The van der Waals surface area contributed by atoms with Crippen LogP contribution >= 0.6 is 0 Å². The topological polar surface area (TPSA) is 29.5 Å². The Balaban J connectivity index is 2.09. The van der Waals surface area contributed by atoms with Crippen LogP contribution in [0.3, 0.4) is 0 Å². The summed E-state index contributed by atoms with van der Waals surface area (Å²) in [5.74, 6) is 0.299. The summed E-state index contributed by atoms with van der Waals surface area (Å²) in [4.78, 5) is 14.6. The smallest absolute Gasteiger partial charge is 0.228 e. The molecular weight excluding hydrogens is 238 g/mol. The van der Waals surface area contributed by atoms with Crippen LogP contribution in [0.2, 0.25) is 0 Å². The molecule has 1 amide bonds. The molecule has 3 nitrogen and oxygen atoms in total. The fourth-order valence-electron chi connectivity index (χ4n) is 2.42. The first kappa shape index (κ1) is 14.1. The van der Waals surface area contributed by atoms with E-state index >= 15 is 0 Å². The van der Waals surface area contributed by atoms with Crippen LogP contribution in [0.25, 0.3) is 0 Å². The van der Waals surface area contributed by atoms with E-state index in [4.69, 9.17) is 4.74 Å². The van der Waals surface area contributed by atoms with Crippen LogP contribution in [0.5, 0.6) is 0 Å². The van der Waals surface area contributed by atoms with Gasteiger partial charge in [-0.3, -0.25) is 4.79 Å². The number of hydrogen-bond donors (Lipinski definition) is 0. The maximum Gasteiger partial charge on any atom is 0.228 e. The zero-order valence-corrected chi connectivity index (χ0v) is 11.8. The van der Waals surface area contributed by atoms with Crippen molar-refractivity contribution in [2.45, 2.75) is 39.3 Å². The van der Waals surface area contributed by atoms with Gasteiger partial charge in [0.2, 0.25) is 5.91 Å². The monoisotopic (exact) mass is 261 g/mol. The largest absolute Gasteiger partial charge is 0.381 e. The molecule has 0 bridgehead atoms. The second kappa shape index (κ2) is 6.71. The number of hydrogen-bond acceptors (Lipinski definition) is 2. The maximum atomic E-state index is 12.6. The van der Waals surface area contributed by atoms with E-state index in [1.807, 2.05) is 23.1 Å². The Kier molecular flexibility index (Phi) is 4.97. The highest BCUT2D eigenvalue weighted by Crippen LogP contribution is 2.20. The van der Waals surface area contributed by atoms with Gasteiger partial charge < -0.3 is 9.64 Å². The van der Waals surface area contributed by atoms with Gasteiger partial charge in [-0.1, -0.05) is 37.3 Å². The van der Waals surface area contributed by atoms with Crippen molar-refractivity contribution >= 4 is 5.91 Å². The number of nitrogens with zero attached hydrogens (tertiary/aromatic N) is 1. The summed E-state index contributed by atoms with van der Waals surface area (Å²) in [5, 5.41) is 0. The molecule has 0 spiro atoms. The van der Waals surface area contributed by atoms with Crippen LogP contribution in [0, 0.1) is 5.92 Å². The molecular formula is C16H23NO2. The van der Waals surface area contributed by atoms with Gasteiger partial charge in [0.05, 0.1) is 12.5 Å². The van der Waals surface area contributed by atoms with E-state index in [0.717, 1.165) is 19.4 Å². The zero-order chi connectivity index (χ0) is 13.7. The number of benzene rings is 1. The van der Waals surface area contributed by atoms with Crippen molar-refractivity contribution in [3.05, 3.63) is 35.9 Å². The molecule has 1 aliphatic heterocycles. The quantitative estimate of drug-likeness (QED) is 0.815. The molecule has 1 saturated heterocycles. The second-order valence-electron chi connectivity index (χ2n) is 5.27. The predicted molar refractivity (Wildman–Crippen MR) is 75.7 cm³/mol. The molecule has 2 atom stereocenters. The number of carbonyl (C=O) groups is 1. The molecule has 0 radical (unpaired) electrons. The molecule has 0 N–H and O–H groups in total. The fourth-order valence-corrected chi connectivity index (χ4v) is 2.42. The zero-order valence-electron chi connectivity index (χ0n) is 11.8. The lowest BCUT2D eigenvalue weighted by Gasteiger charge is -2.30. The van der Waals surface area contributed by atoms with E-state index in [2.05, 4.69) is 26.0 Å². The number of ether oxygens (including phenoxy) is 1. The average molecular weight is 261 g/mol. The van der Waals surface area contributed by atoms with Crippen molar-refractivity contribution in [3.8, 4) is 0 Å². The summed E-state index contributed by atoms with van der Waals surface area (Å²) in [6.45, 7) is 6.25. The molecule has 0 aromatic heterocycles. The van der Waals surface area contributed by atoms with E-state index in [-0.39, 0.29) is 17.9 Å². The van der Waals surface area contributed by atoms with Crippen molar-refractivity contribution in [1.29, 1.82) is 0 Å². The van der Waals surface area contributed by atoms with E-state index < -0.39 is 0 Å². The highest BCUT2D eigenvalue weighted by atomic mass is 16.5. The summed E-state index contributed by atoms with van der Waals surface area (Å²) in [6.07, 6.45) is 1.84. The predicted octanol–water partition coefficient (Wildman–Crippen LogP) is 2.85. The second-order valence-corrected chi connectivity index (χ2v) is 5.27. The molecule has 1 aliphatic rings. The van der Waals surface area contributed by atoms with Crippen molar-refractivity contribution < 1.29 is 9.53 Å². The van der Waals surface area contributed by atoms with Crippen LogP contribution in [-0.2, 0) is 16.1 Å². The van der Waals surface area contributed by atoms with Gasteiger partial charge in [-0.25, -0.2) is 0 Å². The van der Waals surface area contributed by atoms with Gasteiger partial charge in [-0.2, -0.15) is 0 Å². The van der Waals surface area contributed by atoms with Crippen molar-refractivity contribution in [2.24, 2.45) is 5.92 Å².